The van der Waals surface area contributed by atoms with Gasteiger partial charge in [0.15, 0.2) is 30.4 Å². The molecule has 0 spiro atoms. The summed E-state index contributed by atoms with van der Waals surface area (Å²) in [6.07, 6.45) is 5.28. The molecule has 2 aromatic carbocycles. The van der Waals surface area contributed by atoms with E-state index in [1.54, 1.807) is 18.5 Å². The molecule has 0 aliphatic carbocycles. The Morgan fingerprint density at radius 1 is 1.07 bits per heavy atom. The van der Waals surface area contributed by atoms with Crippen molar-refractivity contribution in [2.75, 3.05) is 5.73 Å². The number of aryl methyl sites for hydroxylation is 1. The van der Waals surface area contributed by atoms with Crippen LogP contribution in [0.5, 0.6) is 0 Å². The van der Waals surface area contributed by atoms with Gasteiger partial charge < -0.3 is 11.1 Å². The summed E-state index contributed by atoms with van der Waals surface area (Å²) in [6, 6.07) is 21.3. The topological polar surface area (TPSA) is 107 Å². The fourth-order valence-electron chi connectivity index (χ4n) is 4.77. The molecule has 0 saturated heterocycles. The molecule has 6 rings (SSSR count). The summed E-state index contributed by atoms with van der Waals surface area (Å²) in [4.78, 5) is 22.7. The number of carbonyl (C=O) groups is 1. The molecule has 1 amide bonds. The lowest BCUT2D eigenvalue weighted by atomic mass is 9.96. The number of rotatable bonds is 4. The molecule has 4 aromatic heterocycles. The van der Waals surface area contributed by atoms with E-state index in [1.165, 1.54) is 4.52 Å². The number of anilines is 1. The number of nitrogens with one attached hydrogen (secondary N) is 1. The third-order valence-electron chi connectivity index (χ3n) is 6.98. The van der Waals surface area contributed by atoms with E-state index in [2.05, 4.69) is 33.3 Å². The Hall–Kier alpha value is -5.49. The average Bonchev–Trinajstić information content (AvgIpc) is 3.48. The van der Waals surface area contributed by atoms with Crippen molar-refractivity contribution in [3.8, 4) is 23.0 Å². The minimum absolute atomic E-state index is 0.119. The smallest absolute Gasteiger partial charge is 0.259 e. The first-order valence-corrected chi connectivity index (χ1v) is 12.8. The normalized spacial score (nSPS) is 11.8. The zero-order chi connectivity index (χ0) is 27.8. The van der Waals surface area contributed by atoms with E-state index < -0.39 is 6.04 Å². The summed E-state index contributed by atoms with van der Waals surface area (Å²) in [5.74, 6) is 6.37. The second-order valence-corrected chi connectivity index (χ2v) is 9.55. The molecule has 3 N–H and O–H groups in total. The van der Waals surface area contributed by atoms with Crippen LogP contribution in [0.3, 0.4) is 0 Å². The molecule has 0 fully saturated rings. The number of hydrogen-bond donors (Lipinski definition) is 2. The second-order valence-electron chi connectivity index (χ2n) is 9.55. The van der Waals surface area contributed by atoms with Crippen molar-refractivity contribution in [1.82, 2.24) is 29.6 Å². The van der Waals surface area contributed by atoms with Gasteiger partial charge in [-0.2, -0.15) is 0 Å². The van der Waals surface area contributed by atoms with Crippen molar-refractivity contribution in [2.45, 2.75) is 13.0 Å². The number of hydrogen-bond acceptors (Lipinski definition) is 5. The lowest BCUT2D eigenvalue weighted by molar-refractivity contribution is -0.751. The standard InChI is InChI=1S/C31H26N8O/c1-20(34-31(40)27-29(32)36-39-17-8-16-33-30(27)39)28-25(21-9-5-4-6-10-21)19-24-22(11-7-12-26(24)35-28)13-14-23-15-18-37(2)38(23)3/h4-12,15-20H,1-3H3,(H2-,32,34,36,40)/p+1/t20-/m1/s1. The van der Waals surface area contributed by atoms with Crippen LogP contribution < -0.4 is 15.7 Å². The summed E-state index contributed by atoms with van der Waals surface area (Å²) in [5.41, 5.74) is 11.9. The number of fused-ring (bicyclic) bond motifs is 2. The number of carbonyl (C=O) groups excluding carboxylic acids is 1. The number of benzene rings is 2. The SMILES string of the molecule is C[C@@H](NC(=O)c1c(N)nn2cccnc12)c1nc2cccc(C#Cc3cc[n+](C)n3C)c2cc1-c1ccccc1. The Morgan fingerprint density at radius 3 is 2.67 bits per heavy atom. The number of aromatic nitrogens is 6. The van der Waals surface area contributed by atoms with Crippen LogP contribution in [0.1, 0.15) is 40.3 Å². The maximum absolute atomic E-state index is 13.4. The van der Waals surface area contributed by atoms with E-state index in [1.807, 2.05) is 91.2 Å². The Labute approximate surface area is 230 Å². The van der Waals surface area contributed by atoms with Crippen molar-refractivity contribution >= 4 is 28.3 Å². The minimum atomic E-state index is -0.441. The van der Waals surface area contributed by atoms with E-state index in [4.69, 9.17) is 10.7 Å². The molecule has 6 aromatic rings. The molecule has 0 unspecified atom stereocenters. The molecule has 0 bridgehead atoms. The summed E-state index contributed by atoms with van der Waals surface area (Å²) in [7, 11) is 3.95. The fraction of sp³-hybridized carbons (Fsp3) is 0.129. The molecule has 0 aliphatic heterocycles. The maximum atomic E-state index is 13.4. The van der Waals surface area contributed by atoms with Gasteiger partial charge in [0.25, 0.3) is 5.91 Å². The van der Waals surface area contributed by atoms with Crippen molar-refractivity contribution in [1.29, 1.82) is 0 Å². The zero-order valence-corrected chi connectivity index (χ0v) is 22.3. The predicted molar refractivity (Wildman–Crippen MR) is 153 cm³/mol. The van der Waals surface area contributed by atoms with Gasteiger partial charge in [0, 0.05) is 35.0 Å². The van der Waals surface area contributed by atoms with Gasteiger partial charge in [-0.25, -0.2) is 14.5 Å². The molecule has 0 saturated carbocycles. The number of nitrogens with zero attached hydrogens (tertiary/aromatic N) is 6. The highest BCUT2D eigenvalue weighted by molar-refractivity contribution is 6.04. The average molecular weight is 528 g/mol. The van der Waals surface area contributed by atoms with Crippen LogP contribution >= 0.6 is 0 Å². The van der Waals surface area contributed by atoms with Crippen LogP contribution in [0, 0.1) is 11.8 Å². The first-order chi connectivity index (χ1) is 19.4. The molecule has 9 nitrogen and oxygen atoms in total. The number of amides is 1. The summed E-state index contributed by atoms with van der Waals surface area (Å²) < 4.78 is 5.46. The van der Waals surface area contributed by atoms with Gasteiger partial charge in [-0.1, -0.05) is 42.3 Å². The minimum Gasteiger partial charge on any atom is -0.381 e. The van der Waals surface area contributed by atoms with Crippen molar-refractivity contribution < 1.29 is 9.48 Å². The van der Waals surface area contributed by atoms with Crippen LogP contribution in [0.15, 0.2) is 85.3 Å². The van der Waals surface area contributed by atoms with Crippen LogP contribution in [0.2, 0.25) is 0 Å². The van der Waals surface area contributed by atoms with Gasteiger partial charge in [-0.15, -0.1) is 14.5 Å². The first kappa shape index (κ1) is 24.8. The number of pyridine rings is 1. The molecule has 40 heavy (non-hydrogen) atoms. The van der Waals surface area contributed by atoms with E-state index in [0.717, 1.165) is 39.0 Å². The number of nitrogen functional groups attached to an aromatic ring is 1. The Morgan fingerprint density at radius 2 is 1.90 bits per heavy atom. The van der Waals surface area contributed by atoms with Gasteiger partial charge in [0.2, 0.25) is 0 Å². The van der Waals surface area contributed by atoms with Crippen LogP contribution in [-0.2, 0) is 14.1 Å². The lowest BCUT2D eigenvalue weighted by Gasteiger charge is -2.19. The monoisotopic (exact) mass is 527 g/mol. The van der Waals surface area contributed by atoms with Gasteiger partial charge >= 0.3 is 0 Å². The maximum Gasteiger partial charge on any atom is 0.259 e. The van der Waals surface area contributed by atoms with Gasteiger partial charge in [0.05, 0.1) is 24.3 Å². The Kier molecular flexibility index (Phi) is 6.21. The largest absolute Gasteiger partial charge is 0.381 e. The van der Waals surface area contributed by atoms with Crippen LogP contribution in [0.4, 0.5) is 5.82 Å². The number of nitrogens with two attached hydrogens (primary N) is 1. The highest BCUT2D eigenvalue weighted by atomic mass is 16.1. The van der Waals surface area contributed by atoms with Crippen molar-refractivity contribution in [3.63, 3.8) is 0 Å². The summed E-state index contributed by atoms with van der Waals surface area (Å²) >= 11 is 0. The van der Waals surface area contributed by atoms with E-state index in [9.17, 15) is 4.79 Å². The van der Waals surface area contributed by atoms with Gasteiger partial charge in [0.1, 0.15) is 5.56 Å². The zero-order valence-electron chi connectivity index (χ0n) is 22.3. The van der Waals surface area contributed by atoms with Crippen LogP contribution in [-0.4, -0.2) is 30.2 Å². The third-order valence-corrected chi connectivity index (χ3v) is 6.98. The quantitative estimate of drug-likeness (QED) is 0.269. The molecule has 0 radical (unpaired) electrons. The molecule has 4 heterocycles. The third kappa shape index (κ3) is 4.41. The molecule has 0 aliphatic rings. The predicted octanol–water partition coefficient (Wildman–Crippen LogP) is 3.58. The van der Waals surface area contributed by atoms with Gasteiger partial charge in [-0.05, 0) is 42.7 Å². The molecular formula is C31H27N8O+. The molecule has 9 heteroatoms. The second kappa shape index (κ2) is 10.0. The molecular weight excluding hydrogens is 500 g/mol. The summed E-state index contributed by atoms with van der Waals surface area (Å²) in [5, 5.41) is 8.22. The van der Waals surface area contributed by atoms with E-state index in [-0.39, 0.29) is 17.3 Å². The van der Waals surface area contributed by atoms with E-state index in [0.29, 0.717) is 5.65 Å². The summed E-state index contributed by atoms with van der Waals surface area (Å²) in [6.45, 7) is 1.91. The first-order valence-electron chi connectivity index (χ1n) is 12.8. The molecule has 1 atom stereocenters. The lowest BCUT2D eigenvalue weighted by Crippen LogP contribution is -2.36. The van der Waals surface area contributed by atoms with Crippen molar-refractivity contribution in [2.24, 2.45) is 14.1 Å². The van der Waals surface area contributed by atoms with Crippen molar-refractivity contribution in [3.05, 3.63) is 108 Å². The van der Waals surface area contributed by atoms with Gasteiger partial charge in [-0.3, -0.25) is 4.79 Å². The van der Waals surface area contributed by atoms with Crippen LogP contribution in [0.25, 0.3) is 27.7 Å². The Bertz CT molecular complexity index is 1960. The van der Waals surface area contributed by atoms with E-state index >= 15 is 0 Å². The highest BCUT2D eigenvalue weighted by Gasteiger charge is 2.23. The Balaban J connectivity index is 1.43. The fourth-order valence-corrected chi connectivity index (χ4v) is 4.77. The molecule has 196 valence electrons. The highest BCUT2D eigenvalue weighted by Crippen LogP contribution is 2.32.